The number of fused-ring (bicyclic) bond motifs is 1. The number of hydrogen-bond donors (Lipinski definition) is 0. The highest BCUT2D eigenvalue weighted by Gasteiger charge is 2.37. The molecule has 0 atom stereocenters. The number of methoxy groups -OCH3 is 1. The molecule has 0 saturated carbocycles. The Balaban J connectivity index is 2.11. The third kappa shape index (κ3) is 3.52. The zero-order valence-electron chi connectivity index (χ0n) is 17.7. The predicted molar refractivity (Wildman–Crippen MR) is 130 cm³/mol. The maximum Gasteiger partial charge on any atom is 0.231 e. The zero-order valence-corrected chi connectivity index (χ0v) is 20.8. The van der Waals surface area contributed by atoms with Gasteiger partial charge in [0.2, 0.25) is 12.5 Å². The third-order valence-corrected chi connectivity index (χ3v) is 9.73. The molecule has 0 radical (unpaired) electrons. The molecule has 4 nitrogen and oxygen atoms in total. The van der Waals surface area contributed by atoms with Crippen LogP contribution in [0.3, 0.4) is 0 Å². The molecule has 3 aromatic carbocycles. The standard InChI is InChI=1S/C24H24IO4P/c1-14-6-15(2)9-18(8-14)30(26,19-10-16(3)7-17(4)11-19)21-12-20(27-5)23-24(22(21)25)29-13-28-23/h6-12H,13H2,1-5H3. The van der Waals surface area contributed by atoms with Gasteiger partial charge >= 0.3 is 0 Å². The van der Waals surface area contributed by atoms with Crippen LogP contribution >= 0.6 is 29.7 Å². The number of rotatable bonds is 4. The molecule has 4 rings (SSSR count). The van der Waals surface area contributed by atoms with Crippen molar-refractivity contribution in [2.24, 2.45) is 0 Å². The molecule has 0 aliphatic carbocycles. The highest BCUT2D eigenvalue weighted by Crippen LogP contribution is 2.51. The SMILES string of the molecule is COc1cc(P(=O)(c2cc(C)cc(C)c2)c2cc(C)cc(C)c2)c(I)c2c1OCO2. The van der Waals surface area contributed by atoms with Gasteiger partial charge < -0.3 is 18.8 Å². The van der Waals surface area contributed by atoms with Crippen molar-refractivity contribution in [2.75, 3.05) is 13.9 Å². The lowest BCUT2D eigenvalue weighted by molar-refractivity contribution is 0.170. The summed E-state index contributed by atoms with van der Waals surface area (Å²) in [5.41, 5.74) is 4.32. The normalized spacial score (nSPS) is 12.9. The van der Waals surface area contributed by atoms with Crippen molar-refractivity contribution in [1.82, 2.24) is 0 Å². The summed E-state index contributed by atoms with van der Waals surface area (Å²) < 4.78 is 32.9. The molecule has 0 N–H and O–H groups in total. The summed E-state index contributed by atoms with van der Waals surface area (Å²) in [6.45, 7) is 8.27. The Hall–Kier alpha value is -1.98. The van der Waals surface area contributed by atoms with Gasteiger partial charge in [-0.15, -0.1) is 0 Å². The summed E-state index contributed by atoms with van der Waals surface area (Å²) in [4.78, 5) is 0. The maximum absolute atomic E-state index is 15.2. The number of ether oxygens (including phenoxy) is 3. The Morgan fingerprint density at radius 1 is 0.800 bits per heavy atom. The Morgan fingerprint density at radius 2 is 1.27 bits per heavy atom. The second kappa shape index (κ2) is 7.93. The highest BCUT2D eigenvalue weighted by atomic mass is 127. The van der Waals surface area contributed by atoms with Gasteiger partial charge in [-0.05, 0) is 80.6 Å². The lowest BCUT2D eigenvalue weighted by Crippen LogP contribution is -2.28. The van der Waals surface area contributed by atoms with E-state index in [0.717, 1.165) is 36.4 Å². The van der Waals surface area contributed by atoms with Crippen LogP contribution in [0.4, 0.5) is 0 Å². The fourth-order valence-electron chi connectivity index (χ4n) is 4.07. The van der Waals surface area contributed by atoms with E-state index in [9.17, 15) is 0 Å². The average molecular weight is 534 g/mol. The number of hydrogen-bond acceptors (Lipinski definition) is 4. The van der Waals surface area contributed by atoms with E-state index in [4.69, 9.17) is 14.2 Å². The molecule has 30 heavy (non-hydrogen) atoms. The molecule has 0 unspecified atom stereocenters. The number of benzene rings is 3. The van der Waals surface area contributed by atoms with E-state index >= 15 is 4.57 Å². The molecule has 6 heteroatoms. The first-order chi connectivity index (χ1) is 14.2. The molecule has 0 fully saturated rings. The first-order valence-corrected chi connectivity index (χ1v) is 12.5. The Morgan fingerprint density at radius 3 is 1.73 bits per heavy atom. The smallest absolute Gasteiger partial charge is 0.231 e. The van der Waals surface area contributed by atoms with Crippen molar-refractivity contribution in [2.45, 2.75) is 27.7 Å². The summed E-state index contributed by atoms with van der Waals surface area (Å²) in [6.07, 6.45) is 0. The van der Waals surface area contributed by atoms with Gasteiger partial charge in [0.25, 0.3) is 0 Å². The molecule has 0 aromatic heterocycles. The van der Waals surface area contributed by atoms with E-state index in [1.165, 1.54) is 0 Å². The molecule has 0 amide bonds. The molecule has 0 saturated heterocycles. The Bertz CT molecular complexity index is 1110. The second-order valence-electron chi connectivity index (χ2n) is 7.78. The lowest BCUT2D eigenvalue weighted by atomic mass is 10.2. The molecule has 1 heterocycles. The highest BCUT2D eigenvalue weighted by molar-refractivity contribution is 14.1. The summed E-state index contributed by atoms with van der Waals surface area (Å²) in [5, 5.41) is 2.33. The van der Waals surface area contributed by atoms with Crippen LogP contribution in [0.2, 0.25) is 0 Å². The minimum absolute atomic E-state index is 0.128. The number of halogens is 1. The summed E-state index contributed by atoms with van der Waals surface area (Å²) in [5.74, 6) is 1.70. The van der Waals surface area contributed by atoms with Crippen LogP contribution in [0.5, 0.6) is 17.2 Å². The van der Waals surface area contributed by atoms with E-state index in [-0.39, 0.29) is 6.79 Å². The van der Waals surface area contributed by atoms with Crippen LogP contribution in [0.1, 0.15) is 22.3 Å². The van der Waals surface area contributed by atoms with Crippen LogP contribution < -0.4 is 30.1 Å². The van der Waals surface area contributed by atoms with Crippen molar-refractivity contribution in [3.8, 4) is 17.2 Å². The van der Waals surface area contributed by atoms with Crippen molar-refractivity contribution in [3.63, 3.8) is 0 Å². The largest absolute Gasteiger partial charge is 0.493 e. The van der Waals surface area contributed by atoms with Crippen LogP contribution in [0, 0.1) is 31.3 Å². The first kappa shape index (κ1) is 21.3. The van der Waals surface area contributed by atoms with Gasteiger partial charge in [0.15, 0.2) is 18.6 Å². The first-order valence-electron chi connectivity index (χ1n) is 9.68. The molecule has 1 aliphatic heterocycles. The molecule has 1 aliphatic rings. The van der Waals surface area contributed by atoms with Gasteiger partial charge in [-0.25, -0.2) is 0 Å². The van der Waals surface area contributed by atoms with Gasteiger partial charge in [-0.2, -0.15) is 0 Å². The maximum atomic E-state index is 15.2. The van der Waals surface area contributed by atoms with Gasteiger partial charge in [-0.1, -0.05) is 34.4 Å². The van der Waals surface area contributed by atoms with E-state index in [1.54, 1.807) is 7.11 Å². The monoisotopic (exact) mass is 534 g/mol. The molecule has 0 bridgehead atoms. The van der Waals surface area contributed by atoms with Crippen LogP contribution in [0.25, 0.3) is 0 Å². The van der Waals surface area contributed by atoms with Gasteiger partial charge in [-0.3, -0.25) is 0 Å². The van der Waals surface area contributed by atoms with Gasteiger partial charge in [0.05, 0.1) is 10.7 Å². The van der Waals surface area contributed by atoms with Gasteiger partial charge in [0, 0.05) is 15.9 Å². The van der Waals surface area contributed by atoms with E-state index in [2.05, 4.69) is 34.7 Å². The predicted octanol–water partition coefficient (Wildman–Crippen LogP) is 4.90. The lowest BCUT2D eigenvalue weighted by Gasteiger charge is -2.24. The summed E-state index contributed by atoms with van der Waals surface area (Å²) in [6, 6.07) is 14.2. The summed E-state index contributed by atoms with van der Waals surface area (Å²) >= 11 is 2.22. The number of aryl methyl sites for hydroxylation is 4. The molecule has 0 spiro atoms. The van der Waals surface area contributed by atoms with E-state index in [0.29, 0.717) is 22.6 Å². The van der Waals surface area contributed by atoms with Crippen molar-refractivity contribution >= 4 is 45.6 Å². The summed E-state index contributed by atoms with van der Waals surface area (Å²) in [7, 11) is -1.63. The van der Waals surface area contributed by atoms with Crippen LogP contribution in [0.15, 0.2) is 42.5 Å². The second-order valence-corrected chi connectivity index (χ2v) is 11.6. The topological polar surface area (TPSA) is 44.8 Å². The fraction of sp³-hybridized carbons (Fsp3) is 0.250. The minimum Gasteiger partial charge on any atom is -0.493 e. The van der Waals surface area contributed by atoms with Crippen molar-refractivity contribution in [1.29, 1.82) is 0 Å². The van der Waals surface area contributed by atoms with Crippen LogP contribution in [-0.2, 0) is 4.57 Å². The minimum atomic E-state index is -3.22. The fourth-order valence-corrected chi connectivity index (χ4v) is 8.72. The van der Waals surface area contributed by atoms with Crippen LogP contribution in [-0.4, -0.2) is 13.9 Å². The Labute approximate surface area is 191 Å². The Kier molecular flexibility index (Phi) is 5.62. The van der Waals surface area contributed by atoms with E-state index < -0.39 is 7.14 Å². The molecular weight excluding hydrogens is 510 g/mol. The third-order valence-electron chi connectivity index (χ3n) is 5.23. The molecule has 3 aromatic rings. The average Bonchev–Trinajstić information content (AvgIpc) is 3.17. The molecular formula is C24H24IO4P. The van der Waals surface area contributed by atoms with Crippen molar-refractivity contribution < 1.29 is 18.8 Å². The van der Waals surface area contributed by atoms with Crippen molar-refractivity contribution in [3.05, 3.63) is 68.3 Å². The molecule has 156 valence electrons. The van der Waals surface area contributed by atoms with Gasteiger partial charge in [0.1, 0.15) is 0 Å². The quantitative estimate of drug-likeness (QED) is 0.353. The van der Waals surface area contributed by atoms with E-state index in [1.807, 2.05) is 58.0 Å². The zero-order chi connectivity index (χ0) is 21.6.